The van der Waals surface area contributed by atoms with Gasteiger partial charge in [0, 0.05) is 13.8 Å². The van der Waals surface area contributed by atoms with Gasteiger partial charge in [0.25, 0.3) is 5.82 Å². The van der Waals surface area contributed by atoms with E-state index < -0.39 is 0 Å². The average molecular weight is 111 g/mol. The molecule has 1 heterocycles. The Balaban J connectivity index is 3.19. The molecule has 0 amide bonds. The Morgan fingerprint density at radius 1 is 1.50 bits per heavy atom. The molecule has 0 radical (unpaired) electrons. The highest BCUT2D eigenvalue weighted by Crippen LogP contribution is 1.86. The molecule has 1 aromatic rings. The molecule has 0 saturated carbocycles. The topological polar surface area (TPSA) is 19.7 Å². The molecule has 8 heavy (non-hydrogen) atoms. The molecule has 44 valence electrons. The van der Waals surface area contributed by atoms with Gasteiger partial charge in [-0.3, -0.25) is 0 Å². The molecule has 1 aromatic heterocycles. The van der Waals surface area contributed by atoms with Crippen LogP contribution in [0.3, 0.4) is 0 Å². The number of imidazole rings is 1. The van der Waals surface area contributed by atoms with Crippen molar-refractivity contribution in [2.45, 2.75) is 13.8 Å². The fourth-order valence-electron chi connectivity index (χ4n) is 0.667. The van der Waals surface area contributed by atoms with Crippen molar-refractivity contribution in [2.75, 3.05) is 0 Å². The third-order valence-corrected chi connectivity index (χ3v) is 1.52. The van der Waals surface area contributed by atoms with E-state index in [4.69, 9.17) is 0 Å². The monoisotopic (exact) mass is 111 g/mol. The van der Waals surface area contributed by atoms with Crippen LogP contribution in [0.15, 0.2) is 6.20 Å². The van der Waals surface area contributed by atoms with Crippen molar-refractivity contribution in [1.29, 1.82) is 0 Å². The van der Waals surface area contributed by atoms with Gasteiger partial charge in [-0.2, -0.15) is 0 Å². The molecule has 1 N–H and O–H groups in total. The zero-order valence-corrected chi connectivity index (χ0v) is 5.52. The summed E-state index contributed by atoms with van der Waals surface area (Å²) in [4.78, 5) is 3.10. The Hall–Kier alpha value is -0.790. The van der Waals surface area contributed by atoms with Crippen LogP contribution in [0.5, 0.6) is 0 Å². The average Bonchev–Trinajstić information content (AvgIpc) is 1.98. The van der Waals surface area contributed by atoms with E-state index in [1.807, 2.05) is 20.2 Å². The number of nitrogens with one attached hydrogen (secondary N) is 1. The second-order valence-electron chi connectivity index (χ2n) is 2.07. The first-order valence-electron chi connectivity index (χ1n) is 2.72. The Morgan fingerprint density at radius 2 is 2.12 bits per heavy atom. The molecule has 0 aliphatic heterocycles. The molecule has 0 aliphatic carbocycles. The maximum atomic E-state index is 3.10. The van der Waals surface area contributed by atoms with Crippen LogP contribution < -0.4 is 4.57 Å². The first-order valence-corrected chi connectivity index (χ1v) is 2.72. The summed E-state index contributed by atoms with van der Waals surface area (Å²) >= 11 is 0. The molecule has 1 rings (SSSR count). The van der Waals surface area contributed by atoms with Crippen molar-refractivity contribution in [3.8, 4) is 0 Å². The summed E-state index contributed by atoms with van der Waals surface area (Å²) in [5.74, 6) is 1.20. The number of H-pyrrole nitrogens is 1. The highest BCUT2D eigenvalue weighted by atomic mass is 15.0. The van der Waals surface area contributed by atoms with Gasteiger partial charge in [0.05, 0.1) is 7.05 Å². The van der Waals surface area contributed by atoms with Gasteiger partial charge in [0.1, 0.15) is 11.9 Å². The second kappa shape index (κ2) is 1.62. The lowest BCUT2D eigenvalue weighted by molar-refractivity contribution is -0.682. The van der Waals surface area contributed by atoms with Gasteiger partial charge in [-0.15, -0.1) is 0 Å². The van der Waals surface area contributed by atoms with Crippen LogP contribution in [-0.2, 0) is 7.05 Å². The summed E-state index contributed by atoms with van der Waals surface area (Å²) < 4.78 is 2.11. The van der Waals surface area contributed by atoms with Crippen LogP contribution >= 0.6 is 0 Å². The van der Waals surface area contributed by atoms with E-state index in [2.05, 4.69) is 16.5 Å². The molecule has 2 nitrogen and oxygen atoms in total. The summed E-state index contributed by atoms with van der Waals surface area (Å²) in [6, 6.07) is 0. The fourth-order valence-corrected chi connectivity index (χ4v) is 0.667. The van der Waals surface area contributed by atoms with Crippen molar-refractivity contribution in [3.63, 3.8) is 0 Å². The molecular formula is C6H11N2+. The zero-order valence-electron chi connectivity index (χ0n) is 5.52. The number of hydrogen-bond donors (Lipinski definition) is 1. The first-order chi connectivity index (χ1) is 3.72. The SMILES string of the molecule is Cc1c[nH]c(C)[n+]1C. The molecule has 0 unspecified atom stereocenters. The Kier molecular flexibility index (Phi) is 1.08. The van der Waals surface area contributed by atoms with Gasteiger partial charge in [-0.25, -0.2) is 9.55 Å². The van der Waals surface area contributed by atoms with Gasteiger partial charge in [-0.05, 0) is 0 Å². The second-order valence-corrected chi connectivity index (χ2v) is 2.07. The number of aromatic amines is 1. The molecular weight excluding hydrogens is 100 g/mol. The van der Waals surface area contributed by atoms with Crippen LogP contribution in [0, 0.1) is 13.8 Å². The number of rotatable bonds is 0. The smallest absolute Gasteiger partial charge is 0.248 e. The number of aryl methyl sites for hydroxylation is 2. The molecule has 0 saturated heterocycles. The molecule has 0 bridgehead atoms. The Labute approximate surface area is 49.2 Å². The summed E-state index contributed by atoms with van der Waals surface area (Å²) in [7, 11) is 2.04. The summed E-state index contributed by atoms with van der Waals surface area (Å²) in [5.41, 5.74) is 1.27. The van der Waals surface area contributed by atoms with E-state index in [-0.39, 0.29) is 0 Å². The van der Waals surface area contributed by atoms with Crippen LogP contribution in [0.2, 0.25) is 0 Å². The molecule has 0 aliphatic rings. The lowest BCUT2D eigenvalue weighted by Gasteiger charge is -1.84. The van der Waals surface area contributed by atoms with Gasteiger partial charge < -0.3 is 0 Å². The zero-order chi connectivity index (χ0) is 6.15. The maximum Gasteiger partial charge on any atom is 0.250 e. The maximum absolute atomic E-state index is 3.10. The lowest BCUT2D eigenvalue weighted by Crippen LogP contribution is -2.31. The van der Waals surface area contributed by atoms with Gasteiger partial charge in [0.15, 0.2) is 0 Å². The van der Waals surface area contributed by atoms with E-state index in [1.165, 1.54) is 11.5 Å². The number of aromatic nitrogens is 2. The number of hydrogen-bond acceptors (Lipinski definition) is 0. The standard InChI is InChI=1S/C6H10N2/c1-5-4-7-6(2)8(5)3/h4H,1-3H3/p+1. The normalized spacial score (nSPS) is 9.88. The Morgan fingerprint density at radius 3 is 2.25 bits per heavy atom. The van der Waals surface area contributed by atoms with Crippen LogP contribution in [0.4, 0.5) is 0 Å². The predicted molar refractivity (Wildman–Crippen MR) is 31.4 cm³/mol. The van der Waals surface area contributed by atoms with Crippen molar-refractivity contribution in [1.82, 2.24) is 4.98 Å². The minimum absolute atomic E-state index is 1.20. The summed E-state index contributed by atoms with van der Waals surface area (Å²) in [5, 5.41) is 0. The van der Waals surface area contributed by atoms with E-state index >= 15 is 0 Å². The third-order valence-electron chi connectivity index (χ3n) is 1.52. The third kappa shape index (κ3) is 0.619. The van der Waals surface area contributed by atoms with E-state index in [9.17, 15) is 0 Å². The van der Waals surface area contributed by atoms with Crippen molar-refractivity contribution in [2.24, 2.45) is 7.05 Å². The minimum Gasteiger partial charge on any atom is -0.248 e. The molecule has 2 heteroatoms. The van der Waals surface area contributed by atoms with Crippen LogP contribution in [-0.4, -0.2) is 4.98 Å². The highest BCUT2D eigenvalue weighted by molar-refractivity contribution is 4.84. The van der Waals surface area contributed by atoms with Gasteiger partial charge >= 0.3 is 0 Å². The molecule has 0 spiro atoms. The minimum atomic E-state index is 1.20. The van der Waals surface area contributed by atoms with E-state index in [0.29, 0.717) is 0 Å². The van der Waals surface area contributed by atoms with Gasteiger partial charge in [-0.1, -0.05) is 0 Å². The predicted octanol–water partition coefficient (Wildman–Crippen LogP) is 0.456. The highest BCUT2D eigenvalue weighted by Gasteiger charge is 2.01. The summed E-state index contributed by atoms with van der Waals surface area (Å²) in [6.07, 6.45) is 2.00. The molecule has 0 atom stereocenters. The van der Waals surface area contributed by atoms with Gasteiger partial charge in [0.2, 0.25) is 0 Å². The van der Waals surface area contributed by atoms with Crippen molar-refractivity contribution < 1.29 is 4.57 Å². The van der Waals surface area contributed by atoms with Crippen molar-refractivity contribution in [3.05, 3.63) is 17.7 Å². The lowest BCUT2D eigenvalue weighted by atomic mass is 10.5. The van der Waals surface area contributed by atoms with E-state index in [0.717, 1.165) is 0 Å². The van der Waals surface area contributed by atoms with Crippen molar-refractivity contribution >= 4 is 0 Å². The quantitative estimate of drug-likeness (QED) is 0.469. The summed E-state index contributed by atoms with van der Waals surface area (Å²) in [6.45, 7) is 4.12. The Bertz CT molecular complexity index is 169. The van der Waals surface area contributed by atoms with Crippen LogP contribution in [0.25, 0.3) is 0 Å². The largest absolute Gasteiger partial charge is 0.250 e. The first kappa shape index (κ1) is 5.35. The number of nitrogens with zero attached hydrogens (tertiary/aromatic N) is 1. The molecule has 0 fully saturated rings. The van der Waals surface area contributed by atoms with E-state index in [1.54, 1.807) is 0 Å². The fraction of sp³-hybridized carbons (Fsp3) is 0.500. The molecule has 0 aromatic carbocycles. The van der Waals surface area contributed by atoms with Crippen LogP contribution in [0.1, 0.15) is 11.5 Å².